The standard InChI is InChI=1S/C12H18N4O2/c1-9-13-12(18-14-9)10-6-15(7-10)8-11(17)16-4-2-3-5-16/h10H,2-8H2,1H3. The van der Waals surface area contributed by atoms with E-state index in [9.17, 15) is 4.79 Å². The first kappa shape index (κ1) is 11.6. The summed E-state index contributed by atoms with van der Waals surface area (Å²) in [7, 11) is 0. The maximum atomic E-state index is 11.9. The van der Waals surface area contributed by atoms with Crippen molar-refractivity contribution in [2.24, 2.45) is 0 Å². The molecule has 1 aromatic rings. The van der Waals surface area contributed by atoms with Gasteiger partial charge >= 0.3 is 0 Å². The van der Waals surface area contributed by atoms with Gasteiger partial charge in [-0.2, -0.15) is 4.98 Å². The molecule has 2 aliphatic rings. The highest BCUT2D eigenvalue weighted by Gasteiger charge is 2.34. The zero-order valence-electron chi connectivity index (χ0n) is 10.6. The molecule has 0 saturated carbocycles. The molecule has 0 bridgehead atoms. The summed E-state index contributed by atoms with van der Waals surface area (Å²) in [5.41, 5.74) is 0. The molecule has 18 heavy (non-hydrogen) atoms. The summed E-state index contributed by atoms with van der Waals surface area (Å²) in [5, 5.41) is 3.79. The van der Waals surface area contributed by atoms with Crippen molar-refractivity contribution in [2.75, 3.05) is 32.7 Å². The molecule has 2 saturated heterocycles. The van der Waals surface area contributed by atoms with E-state index in [2.05, 4.69) is 15.0 Å². The lowest BCUT2D eigenvalue weighted by Crippen LogP contribution is -2.50. The molecule has 2 aliphatic heterocycles. The number of likely N-dealkylation sites (tertiary alicyclic amines) is 2. The van der Waals surface area contributed by atoms with Gasteiger partial charge in [0.1, 0.15) is 0 Å². The van der Waals surface area contributed by atoms with E-state index in [1.807, 2.05) is 11.8 Å². The van der Waals surface area contributed by atoms with Crippen LogP contribution < -0.4 is 0 Å². The van der Waals surface area contributed by atoms with E-state index in [0.717, 1.165) is 39.0 Å². The van der Waals surface area contributed by atoms with Crippen molar-refractivity contribution in [2.45, 2.75) is 25.7 Å². The molecule has 0 spiro atoms. The average Bonchev–Trinajstić information content (AvgIpc) is 2.93. The van der Waals surface area contributed by atoms with Crippen molar-refractivity contribution in [3.8, 4) is 0 Å². The van der Waals surface area contributed by atoms with Crippen molar-refractivity contribution < 1.29 is 9.32 Å². The Bertz CT molecular complexity index is 433. The molecule has 6 heteroatoms. The van der Waals surface area contributed by atoms with Gasteiger partial charge in [-0.15, -0.1) is 0 Å². The van der Waals surface area contributed by atoms with Gasteiger partial charge in [-0.05, 0) is 19.8 Å². The quantitative estimate of drug-likeness (QED) is 0.777. The number of aryl methyl sites for hydroxylation is 1. The van der Waals surface area contributed by atoms with Crippen LogP contribution in [-0.2, 0) is 4.79 Å². The van der Waals surface area contributed by atoms with E-state index >= 15 is 0 Å². The maximum absolute atomic E-state index is 11.9. The van der Waals surface area contributed by atoms with Crippen molar-refractivity contribution in [1.82, 2.24) is 19.9 Å². The molecule has 0 radical (unpaired) electrons. The molecule has 0 unspecified atom stereocenters. The zero-order chi connectivity index (χ0) is 12.5. The first-order chi connectivity index (χ1) is 8.72. The predicted octanol–water partition coefficient (Wildman–Crippen LogP) is 0.400. The van der Waals surface area contributed by atoms with Gasteiger partial charge in [-0.25, -0.2) is 0 Å². The normalized spacial score (nSPS) is 21.3. The third-order valence-corrected chi connectivity index (χ3v) is 3.67. The minimum atomic E-state index is 0.257. The van der Waals surface area contributed by atoms with Gasteiger partial charge < -0.3 is 9.42 Å². The van der Waals surface area contributed by atoms with Crippen LogP contribution in [0.4, 0.5) is 0 Å². The Labute approximate surface area is 106 Å². The summed E-state index contributed by atoms with van der Waals surface area (Å²) in [6.45, 7) is 5.91. The molecule has 98 valence electrons. The Balaban J connectivity index is 1.46. The highest BCUT2D eigenvalue weighted by Crippen LogP contribution is 2.25. The summed E-state index contributed by atoms with van der Waals surface area (Å²) >= 11 is 0. The summed E-state index contributed by atoms with van der Waals surface area (Å²) < 4.78 is 5.14. The van der Waals surface area contributed by atoms with Gasteiger partial charge in [0, 0.05) is 26.2 Å². The SMILES string of the molecule is Cc1noc(C2CN(CC(=O)N3CCCC3)C2)n1. The zero-order valence-corrected chi connectivity index (χ0v) is 10.6. The van der Waals surface area contributed by atoms with Crippen LogP contribution in [-0.4, -0.2) is 58.6 Å². The predicted molar refractivity (Wildman–Crippen MR) is 64.0 cm³/mol. The van der Waals surface area contributed by atoms with Gasteiger partial charge in [-0.3, -0.25) is 9.69 Å². The van der Waals surface area contributed by atoms with Crippen LogP contribution in [0.3, 0.4) is 0 Å². The van der Waals surface area contributed by atoms with E-state index in [1.54, 1.807) is 0 Å². The van der Waals surface area contributed by atoms with Crippen molar-refractivity contribution in [3.05, 3.63) is 11.7 Å². The smallest absolute Gasteiger partial charge is 0.236 e. The highest BCUT2D eigenvalue weighted by molar-refractivity contribution is 5.78. The van der Waals surface area contributed by atoms with E-state index in [0.29, 0.717) is 24.2 Å². The molecule has 3 rings (SSSR count). The van der Waals surface area contributed by atoms with E-state index in [-0.39, 0.29) is 5.91 Å². The maximum Gasteiger partial charge on any atom is 0.236 e. The van der Waals surface area contributed by atoms with Gasteiger partial charge in [0.05, 0.1) is 12.5 Å². The number of carbonyl (C=O) groups excluding carboxylic acids is 1. The molecule has 0 atom stereocenters. The molecule has 6 nitrogen and oxygen atoms in total. The second kappa shape index (κ2) is 4.68. The highest BCUT2D eigenvalue weighted by atomic mass is 16.5. The second-order valence-corrected chi connectivity index (χ2v) is 5.16. The lowest BCUT2D eigenvalue weighted by molar-refractivity contribution is -0.132. The Hall–Kier alpha value is -1.43. The minimum absolute atomic E-state index is 0.257. The number of hydrogen-bond acceptors (Lipinski definition) is 5. The second-order valence-electron chi connectivity index (χ2n) is 5.16. The van der Waals surface area contributed by atoms with Crippen LogP contribution >= 0.6 is 0 Å². The fourth-order valence-corrected chi connectivity index (χ4v) is 2.59. The van der Waals surface area contributed by atoms with Crippen LogP contribution in [0.2, 0.25) is 0 Å². The minimum Gasteiger partial charge on any atom is -0.342 e. The third-order valence-electron chi connectivity index (χ3n) is 3.67. The first-order valence-electron chi connectivity index (χ1n) is 6.53. The number of nitrogens with zero attached hydrogens (tertiary/aromatic N) is 4. The van der Waals surface area contributed by atoms with Gasteiger partial charge in [0.15, 0.2) is 5.82 Å². The van der Waals surface area contributed by atoms with Crippen LogP contribution in [0.15, 0.2) is 4.52 Å². The van der Waals surface area contributed by atoms with E-state index < -0.39 is 0 Å². The molecule has 2 fully saturated rings. The largest absolute Gasteiger partial charge is 0.342 e. The van der Waals surface area contributed by atoms with Crippen molar-refractivity contribution in [3.63, 3.8) is 0 Å². The molecule has 0 N–H and O–H groups in total. The summed E-state index contributed by atoms with van der Waals surface area (Å²) in [6.07, 6.45) is 2.30. The van der Waals surface area contributed by atoms with Crippen molar-refractivity contribution in [1.29, 1.82) is 0 Å². The Morgan fingerprint density at radius 3 is 2.72 bits per heavy atom. The van der Waals surface area contributed by atoms with E-state index in [4.69, 9.17) is 4.52 Å². The van der Waals surface area contributed by atoms with Crippen LogP contribution in [0, 0.1) is 6.92 Å². The molecule has 0 aromatic carbocycles. The Morgan fingerprint density at radius 1 is 1.39 bits per heavy atom. The van der Waals surface area contributed by atoms with Crippen LogP contribution in [0.25, 0.3) is 0 Å². The van der Waals surface area contributed by atoms with E-state index in [1.165, 1.54) is 0 Å². The lowest BCUT2D eigenvalue weighted by atomic mass is 10.0. The average molecular weight is 250 g/mol. The summed E-state index contributed by atoms with van der Waals surface area (Å²) in [4.78, 5) is 20.3. The number of aromatic nitrogens is 2. The molecule has 3 heterocycles. The topological polar surface area (TPSA) is 62.5 Å². The summed E-state index contributed by atoms with van der Waals surface area (Å²) in [5.74, 6) is 1.94. The Morgan fingerprint density at radius 2 is 2.11 bits per heavy atom. The van der Waals surface area contributed by atoms with Crippen LogP contribution in [0.5, 0.6) is 0 Å². The number of amides is 1. The first-order valence-corrected chi connectivity index (χ1v) is 6.53. The number of rotatable bonds is 3. The van der Waals surface area contributed by atoms with Crippen LogP contribution in [0.1, 0.15) is 30.5 Å². The lowest BCUT2D eigenvalue weighted by Gasteiger charge is -2.37. The third kappa shape index (κ3) is 2.25. The van der Waals surface area contributed by atoms with Crippen molar-refractivity contribution >= 4 is 5.91 Å². The monoisotopic (exact) mass is 250 g/mol. The molecular formula is C12H18N4O2. The molecule has 1 amide bonds. The fraction of sp³-hybridized carbons (Fsp3) is 0.750. The fourth-order valence-electron chi connectivity index (χ4n) is 2.59. The number of hydrogen-bond donors (Lipinski definition) is 0. The summed E-state index contributed by atoms with van der Waals surface area (Å²) in [6, 6.07) is 0. The molecule has 1 aromatic heterocycles. The molecule has 0 aliphatic carbocycles. The molecular weight excluding hydrogens is 232 g/mol. The van der Waals surface area contributed by atoms with Gasteiger partial charge in [0.2, 0.25) is 11.8 Å². The number of carbonyl (C=O) groups is 1. The Kier molecular flexibility index (Phi) is 3.03. The van der Waals surface area contributed by atoms with Gasteiger partial charge in [0.25, 0.3) is 0 Å². The van der Waals surface area contributed by atoms with Gasteiger partial charge in [-0.1, -0.05) is 5.16 Å².